The highest BCUT2D eigenvalue weighted by molar-refractivity contribution is 7.80. The Labute approximate surface area is 105 Å². The fourth-order valence-corrected chi connectivity index (χ4v) is 1.36. The molecule has 0 radical (unpaired) electrons. The molecule has 0 bridgehead atoms. The van der Waals surface area contributed by atoms with Crippen molar-refractivity contribution in [3.8, 4) is 0 Å². The molecule has 0 aliphatic rings. The summed E-state index contributed by atoms with van der Waals surface area (Å²) in [6, 6.07) is 3.18. The molecule has 17 heavy (non-hydrogen) atoms. The van der Waals surface area contributed by atoms with E-state index in [2.05, 4.69) is 10.6 Å². The predicted molar refractivity (Wildman–Crippen MR) is 69.1 cm³/mol. The van der Waals surface area contributed by atoms with E-state index >= 15 is 0 Å². The summed E-state index contributed by atoms with van der Waals surface area (Å²) in [6.45, 7) is 1.43. The number of rotatable bonds is 4. The largest absolute Gasteiger partial charge is 0.361 e. The number of halogens is 2. The zero-order valence-corrected chi connectivity index (χ0v) is 10.6. The molecule has 0 aromatic heterocycles. The molecule has 2 N–H and O–H groups in total. The molecule has 6 heteroatoms. The van der Waals surface area contributed by atoms with Gasteiger partial charge < -0.3 is 15.5 Å². The lowest BCUT2D eigenvalue weighted by Gasteiger charge is -2.13. The summed E-state index contributed by atoms with van der Waals surface area (Å²) >= 11 is 4.96. The molecular formula is C11H15F2N3S. The molecule has 0 aliphatic heterocycles. The average Bonchev–Trinajstić information content (AvgIpc) is 2.23. The Balaban J connectivity index is 2.47. The molecule has 0 amide bonds. The first-order valence-electron chi connectivity index (χ1n) is 5.13. The van der Waals surface area contributed by atoms with E-state index in [1.54, 1.807) is 0 Å². The Morgan fingerprint density at radius 2 is 2.06 bits per heavy atom. The molecule has 0 heterocycles. The third-order valence-electron chi connectivity index (χ3n) is 2.02. The number of benzene rings is 1. The SMILES string of the molecule is CN(C)CCNC(=S)Nc1cc(F)ccc1F. The molecule has 3 nitrogen and oxygen atoms in total. The molecule has 0 fully saturated rings. The Kier molecular flexibility index (Phi) is 5.24. The highest BCUT2D eigenvalue weighted by Gasteiger charge is 2.05. The van der Waals surface area contributed by atoms with Gasteiger partial charge in [0.05, 0.1) is 5.69 Å². The quantitative estimate of drug-likeness (QED) is 0.807. The van der Waals surface area contributed by atoms with E-state index in [4.69, 9.17) is 12.2 Å². The van der Waals surface area contributed by atoms with Crippen LogP contribution in [-0.4, -0.2) is 37.2 Å². The van der Waals surface area contributed by atoms with Crippen LogP contribution in [0.15, 0.2) is 18.2 Å². The fraction of sp³-hybridized carbons (Fsp3) is 0.364. The summed E-state index contributed by atoms with van der Waals surface area (Å²) in [5.74, 6) is -1.05. The third kappa shape index (κ3) is 5.06. The average molecular weight is 259 g/mol. The van der Waals surface area contributed by atoms with Gasteiger partial charge in [-0.25, -0.2) is 8.78 Å². The minimum absolute atomic E-state index is 0.0346. The van der Waals surface area contributed by atoms with Crippen molar-refractivity contribution >= 4 is 23.0 Å². The number of anilines is 1. The van der Waals surface area contributed by atoms with Crippen LogP contribution in [0.25, 0.3) is 0 Å². The van der Waals surface area contributed by atoms with Crippen LogP contribution in [0.5, 0.6) is 0 Å². The normalized spacial score (nSPS) is 10.4. The molecule has 1 rings (SSSR count). The van der Waals surface area contributed by atoms with Crippen molar-refractivity contribution in [2.75, 3.05) is 32.5 Å². The van der Waals surface area contributed by atoms with Crippen LogP contribution in [0.2, 0.25) is 0 Å². The molecule has 0 spiro atoms. The Hall–Kier alpha value is -1.27. The van der Waals surface area contributed by atoms with Crippen molar-refractivity contribution < 1.29 is 8.78 Å². The van der Waals surface area contributed by atoms with E-state index < -0.39 is 11.6 Å². The molecule has 94 valence electrons. The van der Waals surface area contributed by atoms with Gasteiger partial charge in [-0.2, -0.15) is 0 Å². The standard InChI is InChI=1S/C11H15F2N3S/c1-16(2)6-5-14-11(17)15-10-7-8(12)3-4-9(10)13/h3-4,7H,5-6H2,1-2H3,(H2,14,15,17). The Morgan fingerprint density at radius 1 is 1.35 bits per heavy atom. The maximum atomic E-state index is 13.3. The van der Waals surface area contributed by atoms with Gasteiger partial charge in [0.25, 0.3) is 0 Å². The van der Waals surface area contributed by atoms with Gasteiger partial charge in [0.1, 0.15) is 11.6 Å². The van der Waals surface area contributed by atoms with Crippen LogP contribution in [0.4, 0.5) is 14.5 Å². The zero-order valence-electron chi connectivity index (χ0n) is 9.76. The third-order valence-corrected chi connectivity index (χ3v) is 2.27. The highest BCUT2D eigenvalue weighted by Crippen LogP contribution is 2.14. The van der Waals surface area contributed by atoms with Gasteiger partial charge in [-0.15, -0.1) is 0 Å². The number of nitrogens with one attached hydrogen (secondary N) is 2. The van der Waals surface area contributed by atoms with Crippen LogP contribution in [0, 0.1) is 11.6 Å². The second-order valence-electron chi connectivity index (χ2n) is 3.81. The van der Waals surface area contributed by atoms with E-state index in [1.165, 1.54) is 0 Å². The molecule has 0 saturated heterocycles. The van der Waals surface area contributed by atoms with Gasteiger partial charge in [-0.3, -0.25) is 0 Å². The van der Waals surface area contributed by atoms with E-state index in [1.807, 2.05) is 19.0 Å². The minimum atomic E-state index is -0.539. The van der Waals surface area contributed by atoms with E-state index in [0.29, 0.717) is 6.54 Å². The molecule has 0 aliphatic carbocycles. The first kappa shape index (κ1) is 13.8. The van der Waals surface area contributed by atoms with Gasteiger partial charge >= 0.3 is 0 Å². The minimum Gasteiger partial charge on any atom is -0.361 e. The lowest BCUT2D eigenvalue weighted by molar-refractivity contribution is 0.413. The number of likely N-dealkylation sites (N-methyl/N-ethyl adjacent to an activating group) is 1. The summed E-state index contributed by atoms with van der Waals surface area (Å²) in [6.07, 6.45) is 0. The van der Waals surface area contributed by atoms with Crippen molar-refractivity contribution in [1.29, 1.82) is 0 Å². The van der Waals surface area contributed by atoms with Crippen molar-refractivity contribution in [1.82, 2.24) is 10.2 Å². The molecule has 1 aromatic rings. The number of hydrogen-bond donors (Lipinski definition) is 2. The monoisotopic (exact) mass is 259 g/mol. The summed E-state index contributed by atoms with van der Waals surface area (Å²) in [5, 5.41) is 5.78. The fourth-order valence-electron chi connectivity index (χ4n) is 1.15. The van der Waals surface area contributed by atoms with Crippen molar-refractivity contribution in [3.05, 3.63) is 29.8 Å². The van der Waals surface area contributed by atoms with Gasteiger partial charge in [0.2, 0.25) is 0 Å². The van der Waals surface area contributed by atoms with E-state index in [9.17, 15) is 8.78 Å². The van der Waals surface area contributed by atoms with Crippen molar-refractivity contribution in [3.63, 3.8) is 0 Å². The number of thiocarbonyl (C=S) groups is 1. The molecule has 1 aromatic carbocycles. The molecular weight excluding hydrogens is 244 g/mol. The Bertz CT molecular complexity index is 396. The van der Waals surface area contributed by atoms with Gasteiger partial charge in [0.15, 0.2) is 5.11 Å². The first-order valence-corrected chi connectivity index (χ1v) is 5.54. The van der Waals surface area contributed by atoms with Crippen LogP contribution >= 0.6 is 12.2 Å². The van der Waals surface area contributed by atoms with Gasteiger partial charge in [0, 0.05) is 19.2 Å². The summed E-state index contributed by atoms with van der Waals surface area (Å²) in [4.78, 5) is 1.98. The molecule has 0 atom stereocenters. The smallest absolute Gasteiger partial charge is 0.170 e. The van der Waals surface area contributed by atoms with Crippen LogP contribution < -0.4 is 10.6 Å². The van der Waals surface area contributed by atoms with Crippen molar-refractivity contribution in [2.45, 2.75) is 0 Å². The van der Waals surface area contributed by atoms with Crippen LogP contribution in [0.3, 0.4) is 0 Å². The lowest BCUT2D eigenvalue weighted by atomic mass is 10.3. The van der Waals surface area contributed by atoms with Gasteiger partial charge in [-0.1, -0.05) is 0 Å². The zero-order chi connectivity index (χ0) is 12.8. The van der Waals surface area contributed by atoms with Crippen LogP contribution in [0.1, 0.15) is 0 Å². The summed E-state index contributed by atoms with van der Waals surface area (Å²) in [5.41, 5.74) is 0.0346. The maximum absolute atomic E-state index is 13.3. The highest BCUT2D eigenvalue weighted by atomic mass is 32.1. The summed E-state index contributed by atoms with van der Waals surface area (Å²) in [7, 11) is 3.87. The Morgan fingerprint density at radius 3 is 2.71 bits per heavy atom. The molecule has 0 unspecified atom stereocenters. The molecule has 0 saturated carbocycles. The van der Waals surface area contributed by atoms with E-state index in [0.717, 1.165) is 24.7 Å². The number of hydrogen-bond acceptors (Lipinski definition) is 2. The number of nitrogens with zero attached hydrogens (tertiary/aromatic N) is 1. The van der Waals surface area contributed by atoms with Crippen molar-refractivity contribution in [2.24, 2.45) is 0 Å². The predicted octanol–water partition coefficient (Wildman–Crippen LogP) is 1.81. The van der Waals surface area contributed by atoms with Crippen LogP contribution in [-0.2, 0) is 0 Å². The first-order chi connectivity index (χ1) is 7.99. The van der Waals surface area contributed by atoms with E-state index in [-0.39, 0.29) is 10.8 Å². The maximum Gasteiger partial charge on any atom is 0.170 e. The topological polar surface area (TPSA) is 27.3 Å². The second-order valence-corrected chi connectivity index (χ2v) is 4.22. The summed E-state index contributed by atoms with van der Waals surface area (Å²) < 4.78 is 26.1. The lowest BCUT2D eigenvalue weighted by Crippen LogP contribution is -2.34. The van der Waals surface area contributed by atoms with Gasteiger partial charge in [-0.05, 0) is 38.4 Å². The second kappa shape index (κ2) is 6.46.